The Morgan fingerprint density at radius 2 is 1.94 bits per heavy atom. The van der Waals surface area contributed by atoms with E-state index in [4.69, 9.17) is 5.73 Å². The zero-order valence-electron chi connectivity index (χ0n) is 11.4. The molecule has 0 aromatic carbocycles. The molecule has 1 aliphatic heterocycles. The van der Waals surface area contributed by atoms with Gasteiger partial charge in [0.1, 0.15) is 0 Å². The van der Waals surface area contributed by atoms with E-state index < -0.39 is 10.2 Å². The van der Waals surface area contributed by atoms with E-state index in [0.717, 1.165) is 32.5 Å². The monoisotopic (exact) mass is 278 g/mol. The SMILES string of the molecule is CC(C)NS(=O)(=O)N1CCCN(CCCN)CC1. The summed E-state index contributed by atoms with van der Waals surface area (Å²) in [6, 6.07) is -0.0633. The van der Waals surface area contributed by atoms with Crippen molar-refractivity contribution < 1.29 is 8.42 Å². The molecule has 0 spiro atoms. The first kappa shape index (κ1) is 15.8. The van der Waals surface area contributed by atoms with Crippen LogP contribution in [0.2, 0.25) is 0 Å². The Bertz CT molecular complexity index is 332. The maximum absolute atomic E-state index is 12.0. The highest BCUT2D eigenvalue weighted by Crippen LogP contribution is 2.07. The van der Waals surface area contributed by atoms with Crippen LogP contribution in [0.25, 0.3) is 0 Å². The summed E-state index contributed by atoms with van der Waals surface area (Å²) < 4.78 is 28.3. The van der Waals surface area contributed by atoms with Gasteiger partial charge in [-0.3, -0.25) is 0 Å². The number of hydrogen-bond acceptors (Lipinski definition) is 4. The van der Waals surface area contributed by atoms with Gasteiger partial charge in [0, 0.05) is 25.7 Å². The minimum Gasteiger partial charge on any atom is -0.330 e. The van der Waals surface area contributed by atoms with Crippen LogP contribution < -0.4 is 10.5 Å². The molecule has 1 saturated heterocycles. The van der Waals surface area contributed by atoms with Crippen molar-refractivity contribution in [3.8, 4) is 0 Å². The first-order valence-corrected chi connectivity index (χ1v) is 8.09. The lowest BCUT2D eigenvalue weighted by Gasteiger charge is -2.22. The normalized spacial score (nSPS) is 20.2. The molecule has 0 amide bonds. The molecule has 0 aromatic heterocycles. The molecule has 1 fully saturated rings. The average Bonchev–Trinajstić information content (AvgIpc) is 2.50. The first-order valence-electron chi connectivity index (χ1n) is 6.65. The van der Waals surface area contributed by atoms with E-state index in [0.29, 0.717) is 19.6 Å². The summed E-state index contributed by atoms with van der Waals surface area (Å²) >= 11 is 0. The minimum atomic E-state index is -3.32. The third kappa shape index (κ3) is 5.19. The highest BCUT2D eigenvalue weighted by Gasteiger charge is 2.25. The van der Waals surface area contributed by atoms with Gasteiger partial charge in [-0.1, -0.05) is 0 Å². The molecule has 7 heteroatoms. The van der Waals surface area contributed by atoms with Crippen molar-refractivity contribution in [2.24, 2.45) is 5.73 Å². The molecule has 0 aliphatic carbocycles. The lowest BCUT2D eigenvalue weighted by molar-refractivity contribution is 0.284. The van der Waals surface area contributed by atoms with Gasteiger partial charge in [0.2, 0.25) is 0 Å². The summed E-state index contributed by atoms with van der Waals surface area (Å²) in [7, 11) is -3.32. The Hall–Kier alpha value is -0.210. The van der Waals surface area contributed by atoms with E-state index in [-0.39, 0.29) is 6.04 Å². The minimum absolute atomic E-state index is 0.0633. The van der Waals surface area contributed by atoms with Crippen molar-refractivity contribution in [1.82, 2.24) is 13.9 Å². The molecule has 0 saturated carbocycles. The third-order valence-corrected chi connectivity index (χ3v) is 4.76. The van der Waals surface area contributed by atoms with Crippen LogP contribution in [-0.4, -0.2) is 62.9 Å². The molecule has 1 heterocycles. The molecule has 0 unspecified atom stereocenters. The number of nitrogens with zero attached hydrogens (tertiary/aromatic N) is 2. The topological polar surface area (TPSA) is 78.7 Å². The lowest BCUT2D eigenvalue weighted by atomic mass is 10.3. The standard InChI is InChI=1S/C11H26N4O2S/c1-11(2)13-18(16,17)15-8-4-7-14(9-10-15)6-3-5-12/h11,13H,3-10,12H2,1-2H3. The van der Waals surface area contributed by atoms with Crippen molar-refractivity contribution in [3.63, 3.8) is 0 Å². The van der Waals surface area contributed by atoms with E-state index in [2.05, 4.69) is 9.62 Å². The molecule has 1 rings (SSSR count). The van der Waals surface area contributed by atoms with Gasteiger partial charge < -0.3 is 10.6 Å². The van der Waals surface area contributed by atoms with Crippen molar-refractivity contribution in [2.45, 2.75) is 32.7 Å². The zero-order valence-corrected chi connectivity index (χ0v) is 12.2. The highest BCUT2D eigenvalue weighted by molar-refractivity contribution is 7.87. The van der Waals surface area contributed by atoms with Gasteiger partial charge in [-0.2, -0.15) is 17.4 Å². The summed E-state index contributed by atoms with van der Waals surface area (Å²) in [6.07, 6.45) is 1.85. The smallest absolute Gasteiger partial charge is 0.279 e. The van der Waals surface area contributed by atoms with Gasteiger partial charge in [0.15, 0.2) is 0 Å². The highest BCUT2D eigenvalue weighted by atomic mass is 32.2. The molecule has 108 valence electrons. The largest absolute Gasteiger partial charge is 0.330 e. The van der Waals surface area contributed by atoms with Crippen LogP contribution in [0.15, 0.2) is 0 Å². The van der Waals surface area contributed by atoms with E-state index in [1.54, 1.807) is 4.31 Å². The maximum Gasteiger partial charge on any atom is 0.279 e. The van der Waals surface area contributed by atoms with Crippen molar-refractivity contribution in [2.75, 3.05) is 39.3 Å². The van der Waals surface area contributed by atoms with Crippen LogP contribution in [0.3, 0.4) is 0 Å². The third-order valence-electron chi connectivity index (χ3n) is 2.95. The predicted molar refractivity (Wildman–Crippen MR) is 73.5 cm³/mol. The van der Waals surface area contributed by atoms with E-state index in [9.17, 15) is 8.42 Å². The molecule has 6 nitrogen and oxygen atoms in total. The average molecular weight is 278 g/mol. The number of hydrogen-bond donors (Lipinski definition) is 2. The van der Waals surface area contributed by atoms with Crippen molar-refractivity contribution >= 4 is 10.2 Å². The van der Waals surface area contributed by atoms with Gasteiger partial charge in [-0.25, -0.2) is 0 Å². The molecule has 0 aromatic rings. The van der Waals surface area contributed by atoms with Crippen molar-refractivity contribution in [3.05, 3.63) is 0 Å². The quantitative estimate of drug-likeness (QED) is 0.692. The summed E-state index contributed by atoms with van der Waals surface area (Å²) in [4.78, 5) is 2.29. The Kier molecular flexibility index (Phi) is 6.51. The molecule has 0 atom stereocenters. The lowest BCUT2D eigenvalue weighted by Crippen LogP contribution is -2.45. The van der Waals surface area contributed by atoms with Crippen molar-refractivity contribution in [1.29, 1.82) is 0 Å². The fourth-order valence-electron chi connectivity index (χ4n) is 2.10. The van der Waals surface area contributed by atoms with Gasteiger partial charge in [0.25, 0.3) is 10.2 Å². The maximum atomic E-state index is 12.0. The van der Waals surface area contributed by atoms with Crippen LogP contribution in [0, 0.1) is 0 Å². The van der Waals surface area contributed by atoms with Gasteiger partial charge in [0.05, 0.1) is 0 Å². The summed E-state index contributed by atoms with van der Waals surface area (Å²) in [5.74, 6) is 0. The molecule has 0 bridgehead atoms. The van der Waals surface area contributed by atoms with Crippen LogP contribution >= 0.6 is 0 Å². The molecular weight excluding hydrogens is 252 g/mol. The van der Waals surface area contributed by atoms with E-state index >= 15 is 0 Å². The van der Waals surface area contributed by atoms with Crippen LogP contribution in [-0.2, 0) is 10.2 Å². The summed E-state index contributed by atoms with van der Waals surface area (Å²) in [6.45, 7) is 8.22. The molecule has 18 heavy (non-hydrogen) atoms. The fourth-order valence-corrected chi connectivity index (χ4v) is 3.53. The zero-order chi connectivity index (χ0) is 13.6. The Morgan fingerprint density at radius 1 is 1.22 bits per heavy atom. The fraction of sp³-hybridized carbons (Fsp3) is 1.00. The Balaban J connectivity index is 2.51. The predicted octanol–water partition coefficient (Wildman–Crippen LogP) is -0.414. The molecule has 1 aliphatic rings. The molecular formula is C11H26N4O2S. The Morgan fingerprint density at radius 3 is 2.56 bits per heavy atom. The van der Waals surface area contributed by atoms with Gasteiger partial charge in [-0.05, 0) is 46.3 Å². The number of nitrogens with one attached hydrogen (secondary N) is 1. The van der Waals surface area contributed by atoms with Gasteiger partial charge in [-0.15, -0.1) is 0 Å². The summed E-state index contributed by atoms with van der Waals surface area (Å²) in [5.41, 5.74) is 5.49. The number of nitrogens with two attached hydrogens (primary N) is 1. The molecule has 3 N–H and O–H groups in total. The second-order valence-electron chi connectivity index (χ2n) is 5.01. The van der Waals surface area contributed by atoms with E-state index in [1.807, 2.05) is 13.8 Å². The van der Waals surface area contributed by atoms with Crippen LogP contribution in [0.1, 0.15) is 26.7 Å². The van der Waals surface area contributed by atoms with E-state index in [1.165, 1.54) is 0 Å². The molecule has 0 radical (unpaired) electrons. The Labute approximate surface area is 111 Å². The van der Waals surface area contributed by atoms with Crippen LogP contribution in [0.5, 0.6) is 0 Å². The second-order valence-corrected chi connectivity index (χ2v) is 6.72. The summed E-state index contributed by atoms with van der Waals surface area (Å²) in [5, 5.41) is 0. The van der Waals surface area contributed by atoms with Crippen LogP contribution in [0.4, 0.5) is 0 Å². The van der Waals surface area contributed by atoms with Gasteiger partial charge >= 0.3 is 0 Å². The number of rotatable bonds is 6. The first-order chi connectivity index (χ1) is 8.45. The second kappa shape index (κ2) is 7.40.